The van der Waals surface area contributed by atoms with E-state index in [1.54, 1.807) is 11.3 Å². The lowest BCUT2D eigenvalue weighted by Crippen LogP contribution is -2.08. The Morgan fingerprint density at radius 3 is 2.63 bits per heavy atom. The first-order valence-electron chi connectivity index (χ1n) is 5.73. The summed E-state index contributed by atoms with van der Waals surface area (Å²) >= 11 is 8.58. The number of nitrogens with two attached hydrogens (primary N) is 1. The number of furan rings is 1. The van der Waals surface area contributed by atoms with Gasteiger partial charge in [0.1, 0.15) is 11.3 Å². The van der Waals surface area contributed by atoms with Crippen LogP contribution >= 0.6 is 43.2 Å². The molecule has 0 aliphatic heterocycles. The van der Waals surface area contributed by atoms with E-state index >= 15 is 0 Å². The summed E-state index contributed by atoms with van der Waals surface area (Å²) in [5.74, 6) is 0.797. The van der Waals surface area contributed by atoms with E-state index in [1.807, 2.05) is 36.6 Å². The Kier molecular flexibility index (Phi) is 3.55. The van der Waals surface area contributed by atoms with Gasteiger partial charge in [0.15, 0.2) is 0 Å². The standard InChI is InChI=1S/C14H11Br2NOS/c1-7-2-9(15)3-8-4-11(18-14(7)8)13(17)12-5-10(16)6-19-12/h2-6,13H,17H2,1H3. The Morgan fingerprint density at radius 1 is 1.16 bits per heavy atom. The molecule has 0 saturated heterocycles. The summed E-state index contributed by atoms with van der Waals surface area (Å²) < 4.78 is 8.03. The molecule has 98 valence electrons. The SMILES string of the molecule is Cc1cc(Br)cc2cc(C(N)c3cc(Br)cs3)oc12. The molecule has 3 rings (SSSR count). The molecule has 0 spiro atoms. The van der Waals surface area contributed by atoms with Crippen molar-refractivity contribution in [1.82, 2.24) is 0 Å². The summed E-state index contributed by atoms with van der Waals surface area (Å²) in [6, 6.07) is 7.92. The fraction of sp³-hybridized carbons (Fsp3) is 0.143. The van der Waals surface area contributed by atoms with Gasteiger partial charge in [-0.15, -0.1) is 11.3 Å². The van der Waals surface area contributed by atoms with Crippen molar-refractivity contribution < 1.29 is 4.42 Å². The lowest BCUT2D eigenvalue weighted by atomic mass is 10.1. The minimum Gasteiger partial charge on any atom is -0.459 e. The van der Waals surface area contributed by atoms with Crippen LogP contribution in [0.15, 0.2) is 43.0 Å². The summed E-state index contributed by atoms with van der Waals surface area (Å²) in [5, 5.41) is 3.10. The van der Waals surface area contributed by atoms with Gasteiger partial charge in [0, 0.05) is 24.6 Å². The molecule has 0 aliphatic carbocycles. The number of thiophene rings is 1. The predicted octanol–water partition coefficient (Wildman–Crippen LogP) is 5.38. The summed E-state index contributed by atoms with van der Waals surface area (Å²) in [4.78, 5) is 1.09. The molecule has 0 amide bonds. The minimum atomic E-state index is -0.220. The highest BCUT2D eigenvalue weighted by molar-refractivity contribution is 9.10. The topological polar surface area (TPSA) is 39.2 Å². The van der Waals surface area contributed by atoms with E-state index < -0.39 is 0 Å². The van der Waals surface area contributed by atoms with Crippen LogP contribution < -0.4 is 5.73 Å². The molecule has 3 aromatic rings. The first kappa shape index (κ1) is 13.4. The number of hydrogen-bond donors (Lipinski definition) is 1. The monoisotopic (exact) mass is 399 g/mol. The molecule has 1 aromatic carbocycles. The zero-order valence-electron chi connectivity index (χ0n) is 10.1. The van der Waals surface area contributed by atoms with Crippen molar-refractivity contribution >= 4 is 54.2 Å². The molecule has 2 heterocycles. The van der Waals surface area contributed by atoms with E-state index in [4.69, 9.17) is 10.2 Å². The van der Waals surface area contributed by atoms with Gasteiger partial charge in [0.05, 0.1) is 6.04 Å². The van der Waals surface area contributed by atoms with Crippen LogP contribution in [0.2, 0.25) is 0 Å². The van der Waals surface area contributed by atoms with Crippen LogP contribution in [0.5, 0.6) is 0 Å². The van der Waals surface area contributed by atoms with E-state index in [2.05, 4.69) is 31.9 Å². The number of hydrogen-bond acceptors (Lipinski definition) is 3. The molecular formula is C14H11Br2NOS. The van der Waals surface area contributed by atoms with Crippen LogP contribution in [0.3, 0.4) is 0 Å². The van der Waals surface area contributed by atoms with Gasteiger partial charge in [-0.05, 0) is 52.7 Å². The molecule has 0 radical (unpaired) electrons. The second-order valence-electron chi connectivity index (χ2n) is 4.43. The minimum absolute atomic E-state index is 0.220. The van der Waals surface area contributed by atoms with Gasteiger partial charge in [0.2, 0.25) is 0 Å². The van der Waals surface area contributed by atoms with E-state index in [0.29, 0.717) is 0 Å². The molecule has 2 N–H and O–H groups in total. The Bertz CT molecular complexity index is 747. The van der Waals surface area contributed by atoms with Crippen LogP contribution in [0.4, 0.5) is 0 Å². The van der Waals surface area contributed by atoms with Gasteiger partial charge >= 0.3 is 0 Å². The van der Waals surface area contributed by atoms with Gasteiger partial charge in [0.25, 0.3) is 0 Å². The predicted molar refractivity (Wildman–Crippen MR) is 86.7 cm³/mol. The maximum atomic E-state index is 6.27. The first-order chi connectivity index (χ1) is 9.04. The second-order valence-corrected chi connectivity index (χ2v) is 7.21. The molecular weight excluding hydrogens is 390 g/mol. The third-order valence-electron chi connectivity index (χ3n) is 2.99. The van der Waals surface area contributed by atoms with E-state index in [9.17, 15) is 0 Å². The maximum absolute atomic E-state index is 6.27. The zero-order chi connectivity index (χ0) is 13.6. The fourth-order valence-electron chi connectivity index (χ4n) is 2.09. The number of fused-ring (bicyclic) bond motifs is 1. The van der Waals surface area contributed by atoms with E-state index in [-0.39, 0.29) is 6.04 Å². The zero-order valence-corrected chi connectivity index (χ0v) is 14.1. The van der Waals surface area contributed by atoms with Crippen LogP contribution in [-0.2, 0) is 0 Å². The molecule has 2 aromatic heterocycles. The third kappa shape index (κ3) is 2.52. The third-order valence-corrected chi connectivity index (χ3v) is 5.22. The maximum Gasteiger partial charge on any atom is 0.137 e. The molecule has 1 unspecified atom stereocenters. The Balaban J connectivity index is 2.08. The lowest BCUT2D eigenvalue weighted by Gasteiger charge is -2.04. The highest BCUT2D eigenvalue weighted by Gasteiger charge is 2.17. The van der Waals surface area contributed by atoms with Gasteiger partial charge in [-0.3, -0.25) is 0 Å². The number of benzene rings is 1. The largest absolute Gasteiger partial charge is 0.459 e. The summed E-state index contributed by atoms with van der Waals surface area (Å²) in [7, 11) is 0. The van der Waals surface area contributed by atoms with Gasteiger partial charge in [-0.1, -0.05) is 15.9 Å². The Hall–Kier alpha value is -0.620. The van der Waals surface area contributed by atoms with Crippen molar-refractivity contribution in [1.29, 1.82) is 0 Å². The fourth-order valence-corrected chi connectivity index (χ4v) is 4.13. The second kappa shape index (κ2) is 5.05. The van der Waals surface area contributed by atoms with Crippen LogP contribution in [0, 0.1) is 6.92 Å². The molecule has 0 aliphatic rings. The quantitative estimate of drug-likeness (QED) is 0.627. The molecule has 1 atom stereocenters. The van der Waals surface area contributed by atoms with E-state index in [1.165, 1.54) is 0 Å². The average Bonchev–Trinajstić information content (AvgIpc) is 2.94. The van der Waals surface area contributed by atoms with Gasteiger partial charge < -0.3 is 10.2 Å². The van der Waals surface area contributed by atoms with Crippen molar-refractivity contribution in [2.75, 3.05) is 0 Å². The summed E-state index contributed by atoms with van der Waals surface area (Å²) in [6.07, 6.45) is 0. The van der Waals surface area contributed by atoms with Crippen molar-refractivity contribution in [3.05, 3.63) is 54.8 Å². The van der Waals surface area contributed by atoms with Crippen molar-refractivity contribution in [2.24, 2.45) is 5.73 Å². The van der Waals surface area contributed by atoms with E-state index in [0.717, 1.165) is 36.1 Å². The highest BCUT2D eigenvalue weighted by Crippen LogP contribution is 2.33. The lowest BCUT2D eigenvalue weighted by molar-refractivity contribution is 0.526. The molecule has 0 bridgehead atoms. The van der Waals surface area contributed by atoms with Gasteiger partial charge in [-0.2, -0.15) is 0 Å². The highest BCUT2D eigenvalue weighted by atomic mass is 79.9. The number of halogens is 2. The van der Waals surface area contributed by atoms with Crippen LogP contribution in [-0.4, -0.2) is 0 Å². The molecule has 0 saturated carbocycles. The van der Waals surface area contributed by atoms with Crippen LogP contribution in [0.25, 0.3) is 11.0 Å². The van der Waals surface area contributed by atoms with Crippen molar-refractivity contribution in [3.63, 3.8) is 0 Å². The molecule has 2 nitrogen and oxygen atoms in total. The Labute approximate surface area is 131 Å². The summed E-state index contributed by atoms with van der Waals surface area (Å²) in [5.41, 5.74) is 8.28. The Morgan fingerprint density at radius 2 is 1.95 bits per heavy atom. The molecule has 19 heavy (non-hydrogen) atoms. The smallest absolute Gasteiger partial charge is 0.137 e. The van der Waals surface area contributed by atoms with Crippen LogP contribution in [0.1, 0.15) is 22.2 Å². The summed E-state index contributed by atoms with van der Waals surface area (Å²) in [6.45, 7) is 2.04. The first-order valence-corrected chi connectivity index (χ1v) is 8.20. The molecule has 5 heteroatoms. The van der Waals surface area contributed by atoms with Crippen molar-refractivity contribution in [3.8, 4) is 0 Å². The number of rotatable bonds is 2. The van der Waals surface area contributed by atoms with Gasteiger partial charge in [-0.25, -0.2) is 0 Å². The number of aryl methyl sites for hydroxylation is 1. The molecule has 0 fully saturated rings. The average molecular weight is 401 g/mol. The van der Waals surface area contributed by atoms with Crippen molar-refractivity contribution in [2.45, 2.75) is 13.0 Å². The normalized spacial score (nSPS) is 13.1.